The second kappa shape index (κ2) is 7.69. The molecule has 4 atom stereocenters. The monoisotopic (exact) mass is 385 g/mol. The van der Waals surface area contributed by atoms with Gasteiger partial charge in [-0.15, -0.1) is 0 Å². The summed E-state index contributed by atoms with van der Waals surface area (Å²) < 4.78 is 13.7. The highest BCUT2D eigenvalue weighted by atomic mass is 19.1. The van der Waals surface area contributed by atoms with Gasteiger partial charge in [0.25, 0.3) is 0 Å². The summed E-state index contributed by atoms with van der Waals surface area (Å²) in [6.45, 7) is 3.35. The standard InChI is InChI=1S/C20H24FN5O2/c1-2-22-20(25-11-15-14(21)4-3-7-23-15)24-8-9-26-18(27)16-12-5-6-13(10-12)17(16)19(26)28/h3-7,12-13,16-17H,2,8-11H2,1H3,(H2,22,24,25). The summed E-state index contributed by atoms with van der Waals surface area (Å²) in [4.78, 5) is 35.1. The average Bonchev–Trinajstić information content (AvgIpc) is 3.36. The Kier molecular flexibility index (Phi) is 5.11. The van der Waals surface area contributed by atoms with E-state index in [9.17, 15) is 14.0 Å². The summed E-state index contributed by atoms with van der Waals surface area (Å²) in [6.07, 6.45) is 6.63. The van der Waals surface area contributed by atoms with Crippen LogP contribution >= 0.6 is 0 Å². The number of guanidine groups is 1. The number of likely N-dealkylation sites (tertiary alicyclic amines) is 1. The van der Waals surface area contributed by atoms with E-state index in [-0.39, 0.29) is 47.7 Å². The van der Waals surface area contributed by atoms with E-state index in [2.05, 4.69) is 32.8 Å². The van der Waals surface area contributed by atoms with E-state index in [4.69, 9.17) is 0 Å². The third-order valence-electron chi connectivity index (χ3n) is 5.76. The van der Waals surface area contributed by atoms with Gasteiger partial charge in [-0.1, -0.05) is 12.2 Å². The van der Waals surface area contributed by atoms with E-state index in [1.54, 1.807) is 0 Å². The molecule has 1 aromatic heterocycles. The number of carbonyl (C=O) groups is 2. The highest BCUT2D eigenvalue weighted by Crippen LogP contribution is 2.52. The zero-order valence-electron chi connectivity index (χ0n) is 15.8. The number of nitrogens with zero attached hydrogens (tertiary/aromatic N) is 3. The first-order valence-electron chi connectivity index (χ1n) is 9.75. The molecule has 7 nitrogen and oxygen atoms in total. The molecule has 2 aliphatic carbocycles. The Morgan fingerprint density at radius 3 is 2.61 bits per heavy atom. The highest BCUT2D eigenvalue weighted by molar-refractivity contribution is 6.06. The van der Waals surface area contributed by atoms with Gasteiger partial charge in [-0.25, -0.2) is 9.38 Å². The summed E-state index contributed by atoms with van der Waals surface area (Å²) in [5.74, 6) is 0.0946. The molecule has 2 N–H and O–H groups in total. The predicted molar refractivity (Wildman–Crippen MR) is 101 cm³/mol. The van der Waals surface area contributed by atoms with Crippen molar-refractivity contribution < 1.29 is 14.0 Å². The Labute approximate surface area is 163 Å². The van der Waals surface area contributed by atoms with Gasteiger partial charge in [0, 0.05) is 25.8 Å². The first-order chi connectivity index (χ1) is 13.6. The molecule has 0 spiro atoms. The van der Waals surface area contributed by atoms with E-state index < -0.39 is 5.82 Å². The number of allylic oxidation sites excluding steroid dienone is 2. The molecule has 0 aromatic carbocycles. The second-order valence-corrected chi connectivity index (χ2v) is 7.38. The fourth-order valence-corrected chi connectivity index (χ4v) is 4.50. The smallest absolute Gasteiger partial charge is 0.233 e. The van der Waals surface area contributed by atoms with Gasteiger partial charge in [0.2, 0.25) is 11.8 Å². The number of carbonyl (C=O) groups excluding carboxylic acids is 2. The van der Waals surface area contributed by atoms with Crippen LogP contribution in [0.4, 0.5) is 4.39 Å². The minimum Gasteiger partial charge on any atom is -0.357 e. The highest BCUT2D eigenvalue weighted by Gasteiger charge is 2.58. The van der Waals surface area contributed by atoms with Crippen molar-refractivity contribution in [3.63, 3.8) is 0 Å². The van der Waals surface area contributed by atoms with E-state index in [0.717, 1.165) is 6.42 Å². The molecular weight excluding hydrogens is 361 g/mol. The summed E-state index contributed by atoms with van der Waals surface area (Å²) in [5, 5.41) is 6.18. The van der Waals surface area contributed by atoms with E-state index >= 15 is 0 Å². The fraction of sp³-hybridized carbons (Fsp3) is 0.500. The Morgan fingerprint density at radius 1 is 1.25 bits per heavy atom. The summed E-state index contributed by atoms with van der Waals surface area (Å²) in [5.41, 5.74) is 0.264. The van der Waals surface area contributed by atoms with Crippen LogP contribution in [0, 0.1) is 29.5 Å². The van der Waals surface area contributed by atoms with Crippen LogP contribution < -0.4 is 10.6 Å². The Bertz CT molecular complexity index is 810. The molecule has 1 saturated carbocycles. The van der Waals surface area contributed by atoms with Crippen molar-refractivity contribution in [2.45, 2.75) is 19.9 Å². The van der Waals surface area contributed by atoms with Crippen LogP contribution in [-0.2, 0) is 16.1 Å². The molecule has 28 heavy (non-hydrogen) atoms. The molecule has 1 aromatic rings. The molecule has 3 aliphatic rings. The van der Waals surface area contributed by atoms with Crippen LogP contribution in [-0.4, -0.2) is 47.3 Å². The lowest BCUT2D eigenvalue weighted by molar-refractivity contribution is -0.140. The number of aromatic nitrogens is 1. The molecule has 4 unspecified atom stereocenters. The van der Waals surface area contributed by atoms with E-state index in [0.29, 0.717) is 25.6 Å². The van der Waals surface area contributed by atoms with Crippen molar-refractivity contribution in [3.8, 4) is 0 Å². The summed E-state index contributed by atoms with van der Waals surface area (Å²) in [7, 11) is 0. The Balaban J connectivity index is 1.34. The zero-order chi connectivity index (χ0) is 19.7. The van der Waals surface area contributed by atoms with Crippen molar-refractivity contribution in [1.82, 2.24) is 20.5 Å². The number of nitrogens with one attached hydrogen (secondary N) is 2. The minimum atomic E-state index is -0.398. The van der Waals surface area contributed by atoms with Crippen LogP contribution in [0.1, 0.15) is 19.0 Å². The average molecular weight is 385 g/mol. The van der Waals surface area contributed by atoms with Crippen LogP contribution in [0.25, 0.3) is 0 Å². The number of rotatable bonds is 6. The first kappa shape index (κ1) is 18.6. The summed E-state index contributed by atoms with van der Waals surface area (Å²) in [6, 6.07) is 2.88. The molecule has 1 aliphatic heterocycles. The lowest BCUT2D eigenvalue weighted by Crippen LogP contribution is -2.43. The predicted octanol–water partition coefficient (Wildman–Crippen LogP) is 1.08. The molecule has 2 heterocycles. The quantitative estimate of drug-likeness (QED) is 0.331. The topological polar surface area (TPSA) is 86.7 Å². The van der Waals surface area contributed by atoms with Crippen LogP contribution in [0.5, 0.6) is 0 Å². The van der Waals surface area contributed by atoms with Gasteiger partial charge in [-0.2, -0.15) is 0 Å². The van der Waals surface area contributed by atoms with Gasteiger partial charge in [0.05, 0.1) is 24.1 Å². The number of imide groups is 1. The first-order valence-corrected chi connectivity index (χ1v) is 9.75. The second-order valence-electron chi connectivity index (χ2n) is 7.38. The molecule has 8 heteroatoms. The fourth-order valence-electron chi connectivity index (χ4n) is 4.50. The van der Waals surface area contributed by atoms with Crippen LogP contribution in [0.15, 0.2) is 35.5 Å². The van der Waals surface area contributed by atoms with Crippen molar-refractivity contribution >= 4 is 17.8 Å². The zero-order valence-corrected chi connectivity index (χ0v) is 15.8. The normalized spacial score (nSPS) is 28.2. The lowest BCUT2D eigenvalue weighted by Gasteiger charge is -2.18. The number of amides is 2. The van der Waals surface area contributed by atoms with Crippen molar-refractivity contribution in [2.24, 2.45) is 28.7 Å². The van der Waals surface area contributed by atoms with Gasteiger partial charge in [-0.05, 0) is 37.3 Å². The van der Waals surface area contributed by atoms with E-state index in [1.807, 2.05) is 6.92 Å². The Morgan fingerprint density at radius 2 is 1.96 bits per heavy atom. The molecule has 0 radical (unpaired) electrons. The molecule has 2 bridgehead atoms. The lowest BCUT2D eigenvalue weighted by atomic mass is 9.85. The van der Waals surface area contributed by atoms with Crippen molar-refractivity contribution in [1.29, 1.82) is 0 Å². The minimum absolute atomic E-state index is 0.0499. The van der Waals surface area contributed by atoms with Crippen LogP contribution in [0.3, 0.4) is 0 Å². The molecule has 4 rings (SSSR count). The Hall–Kier alpha value is -2.77. The van der Waals surface area contributed by atoms with Crippen molar-refractivity contribution in [2.75, 3.05) is 19.6 Å². The van der Waals surface area contributed by atoms with Gasteiger partial charge >= 0.3 is 0 Å². The molecular formula is C20H24FN5O2. The largest absolute Gasteiger partial charge is 0.357 e. The number of aliphatic imine (C=N–C) groups is 1. The molecule has 148 valence electrons. The van der Waals surface area contributed by atoms with Gasteiger partial charge in [0.1, 0.15) is 5.82 Å². The third-order valence-corrected chi connectivity index (χ3v) is 5.76. The molecule has 2 fully saturated rings. The van der Waals surface area contributed by atoms with Gasteiger partial charge in [0.15, 0.2) is 5.96 Å². The maximum atomic E-state index is 13.7. The molecule has 2 amide bonds. The SMILES string of the molecule is CCNC(=NCc1ncccc1F)NCCN1C(=O)C2C3C=CC(C3)C2C1=O. The van der Waals surface area contributed by atoms with Gasteiger partial charge in [-0.3, -0.25) is 19.5 Å². The number of halogens is 1. The van der Waals surface area contributed by atoms with E-state index in [1.165, 1.54) is 23.2 Å². The number of hydrogen-bond donors (Lipinski definition) is 2. The molecule has 1 saturated heterocycles. The number of pyridine rings is 1. The third kappa shape index (κ3) is 3.27. The number of hydrogen-bond acceptors (Lipinski definition) is 4. The number of fused-ring (bicyclic) bond motifs is 5. The van der Waals surface area contributed by atoms with Crippen LogP contribution in [0.2, 0.25) is 0 Å². The summed E-state index contributed by atoms with van der Waals surface area (Å²) >= 11 is 0. The van der Waals surface area contributed by atoms with Gasteiger partial charge < -0.3 is 10.6 Å². The van der Waals surface area contributed by atoms with Crippen molar-refractivity contribution in [3.05, 3.63) is 42.0 Å². The maximum absolute atomic E-state index is 13.7. The maximum Gasteiger partial charge on any atom is 0.233 e.